The van der Waals surface area contributed by atoms with E-state index in [-0.39, 0.29) is 5.92 Å². The zero-order chi connectivity index (χ0) is 20.1. The van der Waals surface area contributed by atoms with Crippen molar-refractivity contribution in [2.45, 2.75) is 24.7 Å². The molecule has 1 unspecified atom stereocenters. The first-order valence-electron chi connectivity index (χ1n) is 10.0. The first-order chi connectivity index (χ1) is 14.2. The van der Waals surface area contributed by atoms with E-state index in [9.17, 15) is 9.90 Å². The number of hydrogen-bond acceptors (Lipinski definition) is 1. The maximum atomic E-state index is 12.2. The molecule has 0 radical (unpaired) electrons. The Hall–Kier alpha value is -3.39. The smallest absolute Gasteiger partial charge is 0.310 e. The molecule has 4 aromatic carbocycles. The number of aliphatic carboxylic acids is 1. The lowest BCUT2D eigenvalue weighted by atomic mass is 9.82. The maximum absolute atomic E-state index is 12.2. The third-order valence-corrected chi connectivity index (χ3v) is 5.64. The predicted molar refractivity (Wildman–Crippen MR) is 118 cm³/mol. The molecule has 4 rings (SSSR count). The zero-order valence-corrected chi connectivity index (χ0v) is 16.2. The SMILES string of the molecule is O=C(O)C(CCC(c1ccccc1)c1ccccc1)c1cccc2ccccc12. The van der Waals surface area contributed by atoms with Crippen LogP contribution in [0.5, 0.6) is 0 Å². The number of fused-ring (bicyclic) bond motifs is 1. The van der Waals surface area contributed by atoms with Gasteiger partial charge in [-0.1, -0.05) is 103 Å². The van der Waals surface area contributed by atoms with Crippen molar-refractivity contribution >= 4 is 16.7 Å². The van der Waals surface area contributed by atoms with Gasteiger partial charge in [-0.05, 0) is 40.3 Å². The highest BCUT2D eigenvalue weighted by Crippen LogP contribution is 2.35. The molecule has 144 valence electrons. The van der Waals surface area contributed by atoms with Crippen molar-refractivity contribution in [2.24, 2.45) is 0 Å². The number of carbonyl (C=O) groups is 1. The van der Waals surface area contributed by atoms with Crippen LogP contribution in [0.2, 0.25) is 0 Å². The quantitative estimate of drug-likeness (QED) is 0.391. The van der Waals surface area contributed by atoms with Crippen LogP contribution < -0.4 is 0 Å². The molecule has 0 bridgehead atoms. The van der Waals surface area contributed by atoms with Crippen molar-refractivity contribution < 1.29 is 9.90 Å². The van der Waals surface area contributed by atoms with Gasteiger partial charge in [-0.3, -0.25) is 4.79 Å². The molecule has 0 spiro atoms. The zero-order valence-electron chi connectivity index (χ0n) is 16.2. The van der Waals surface area contributed by atoms with Crippen LogP contribution in [-0.4, -0.2) is 11.1 Å². The summed E-state index contributed by atoms with van der Waals surface area (Å²) in [7, 11) is 0. The highest BCUT2D eigenvalue weighted by atomic mass is 16.4. The molecular weight excluding hydrogens is 356 g/mol. The first kappa shape index (κ1) is 18.9. The average Bonchev–Trinajstić information content (AvgIpc) is 2.77. The minimum absolute atomic E-state index is 0.175. The molecule has 0 aromatic heterocycles. The minimum Gasteiger partial charge on any atom is -0.481 e. The molecule has 0 amide bonds. The van der Waals surface area contributed by atoms with Crippen LogP contribution in [0.1, 0.15) is 41.4 Å². The summed E-state index contributed by atoms with van der Waals surface area (Å²) in [6, 6.07) is 34.7. The maximum Gasteiger partial charge on any atom is 0.310 e. The summed E-state index contributed by atoms with van der Waals surface area (Å²) < 4.78 is 0. The number of carboxylic acids is 1. The fraction of sp³-hybridized carbons (Fsp3) is 0.148. The molecule has 29 heavy (non-hydrogen) atoms. The van der Waals surface area contributed by atoms with Gasteiger partial charge in [-0.25, -0.2) is 0 Å². The van der Waals surface area contributed by atoms with E-state index < -0.39 is 11.9 Å². The molecule has 0 heterocycles. The summed E-state index contributed by atoms with van der Waals surface area (Å²) in [5.41, 5.74) is 3.34. The van der Waals surface area contributed by atoms with E-state index in [0.29, 0.717) is 6.42 Å². The lowest BCUT2D eigenvalue weighted by Gasteiger charge is -2.21. The number of hydrogen-bond donors (Lipinski definition) is 1. The van der Waals surface area contributed by atoms with E-state index in [1.165, 1.54) is 11.1 Å². The molecule has 1 N–H and O–H groups in total. The molecule has 0 saturated carbocycles. The second-order valence-corrected chi connectivity index (χ2v) is 7.41. The van der Waals surface area contributed by atoms with Crippen molar-refractivity contribution in [2.75, 3.05) is 0 Å². The molecule has 0 aliphatic carbocycles. The number of carboxylic acid groups (broad SMARTS) is 1. The van der Waals surface area contributed by atoms with Crippen molar-refractivity contribution in [1.29, 1.82) is 0 Å². The normalized spacial score (nSPS) is 12.2. The summed E-state index contributed by atoms with van der Waals surface area (Å²) in [6.07, 6.45) is 1.35. The average molecular weight is 380 g/mol. The molecule has 1 atom stereocenters. The van der Waals surface area contributed by atoms with Crippen molar-refractivity contribution in [3.8, 4) is 0 Å². The summed E-state index contributed by atoms with van der Waals surface area (Å²) in [6.45, 7) is 0. The van der Waals surface area contributed by atoms with Gasteiger partial charge in [0.05, 0.1) is 5.92 Å². The Balaban J connectivity index is 1.66. The number of rotatable bonds is 7. The van der Waals surface area contributed by atoms with Crippen molar-refractivity contribution in [3.63, 3.8) is 0 Å². The molecular formula is C27H24O2. The van der Waals surface area contributed by atoms with Crippen LogP contribution in [0.25, 0.3) is 10.8 Å². The Bertz CT molecular complexity index is 1040. The second-order valence-electron chi connectivity index (χ2n) is 7.41. The monoisotopic (exact) mass is 380 g/mol. The Labute approximate surface area is 171 Å². The standard InChI is InChI=1S/C27H24O2/c28-27(29)26(25-17-9-15-22-14-7-8-16-24(22)25)19-18-23(20-10-3-1-4-11-20)21-12-5-2-6-13-21/h1-17,23,26H,18-19H2,(H,28,29). The van der Waals surface area contributed by atoms with Crippen LogP contribution in [0, 0.1) is 0 Å². The van der Waals surface area contributed by atoms with Gasteiger partial charge in [-0.2, -0.15) is 0 Å². The Morgan fingerprint density at radius 2 is 1.21 bits per heavy atom. The van der Waals surface area contributed by atoms with Crippen LogP contribution in [0.15, 0.2) is 103 Å². The fourth-order valence-corrected chi connectivity index (χ4v) is 4.20. The van der Waals surface area contributed by atoms with Gasteiger partial charge >= 0.3 is 5.97 Å². The van der Waals surface area contributed by atoms with Gasteiger partial charge in [-0.15, -0.1) is 0 Å². The Morgan fingerprint density at radius 3 is 1.83 bits per heavy atom. The lowest BCUT2D eigenvalue weighted by Crippen LogP contribution is -2.14. The van der Waals surface area contributed by atoms with E-state index >= 15 is 0 Å². The van der Waals surface area contributed by atoms with E-state index in [0.717, 1.165) is 22.8 Å². The number of benzene rings is 4. The molecule has 0 aliphatic heterocycles. The highest BCUT2D eigenvalue weighted by Gasteiger charge is 2.24. The summed E-state index contributed by atoms with van der Waals surface area (Å²) in [4.78, 5) is 12.2. The van der Waals surface area contributed by atoms with Crippen molar-refractivity contribution in [3.05, 3.63) is 120 Å². The van der Waals surface area contributed by atoms with Crippen LogP contribution in [0.4, 0.5) is 0 Å². The molecule has 0 aliphatic rings. The van der Waals surface area contributed by atoms with E-state index in [1.807, 2.05) is 78.9 Å². The molecule has 2 heteroatoms. The molecule has 0 fully saturated rings. The van der Waals surface area contributed by atoms with Crippen LogP contribution >= 0.6 is 0 Å². The predicted octanol–water partition coefficient (Wildman–Crippen LogP) is 6.62. The van der Waals surface area contributed by atoms with Gasteiger partial charge in [0.2, 0.25) is 0 Å². The summed E-state index contributed by atoms with van der Waals surface area (Å²) in [5.74, 6) is -1.12. The minimum atomic E-state index is -0.763. The van der Waals surface area contributed by atoms with E-state index in [2.05, 4.69) is 24.3 Å². The van der Waals surface area contributed by atoms with E-state index in [4.69, 9.17) is 0 Å². The van der Waals surface area contributed by atoms with Gasteiger partial charge in [0.25, 0.3) is 0 Å². The van der Waals surface area contributed by atoms with Crippen LogP contribution in [0.3, 0.4) is 0 Å². The lowest BCUT2D eigenvalue weighted by molar-refractivity contribution is -0.139. The Morgan fingerprint density at radius 1 is 0.655 bits per heavy atom. The van der Waals surface area contributed by atoms with Gasteiger partial charge in [0, 0.05) is 5.92 Å². The molecule has 2 nitrogen and oxygen atoms in total. The van der Waals surface area contributed by atoms with Gasteiger partial charge < -0.3 is 5.11 Å². The summed E-state index contributed by atoms with van der Waals surface area (Å²) >= 11 is 0. The first-order valence-corrected chi connectivity index (χ1v) is 10.0. The van der Waals surface area contributed by atoms with E-state index in [1.54, 1.807) is 0 Å². The second kappa shape index (κ2) is 8.74. The van der Waals surface area contributed by atoms with Crippen molar-refractivity contribution in [1.82, 2.24) is 0 Å². The third kappa shape index (κ3) is 4.22. The topological polar surface area (TPSA) is 37.3 Å². The Kier molecular flexibility index (Phi) is 5.71. The highest BCUT2D eigenvalue weighted by molar-refractivity contribution is 5.90. The molecule has 0 saturated heterocycles. The van der Waals surface area contributed by atoms with Gasteiger partial charge in [0.15, 0.2) is 0 Å². The fourth-order valence-electron chi connectivity index (χ4n) is 4.20. The van der Waals surface area contributed by atoms with Gasteiger partial charge in [0.1, 0.15) is 0 Å². The summed E-state index contributed by atoms with van der Waals surface area (Å²) in [5, 5.41) is 12.1. The largest absolute Gasteiger partial charge is 0.481 e. The third-order valence-electron chi connectivity index (χ3n) is 5.64. The van der Waals surface area contributed by atoms with Crippen LogP contribution in [-0.2, 0) is 4.79 Å². The molecule has 4 aromatic rings.